The van der Waals surface area contributed by atoms with E-state index in [0.717, 1.165) is 22.1 Å². The van der Waals surface area contributed by atoms with Crippen LogP contribution in [0, 0.1) is 13.8 Å². The molecule has 0 bridgehead atoms. The molecule has 0 spiro atoms. The van der Waals surface area contributed by atoms with E-state index in [9.17, 15) is 4.79 Å². The molecule has 1 amide bonds. The normalized spacial score (nSPS) is 11.0. The van der Waals surface area contributed by atoms with E-state index in [1.54, 1.807) is 6.07 Å². The maximum atomic E-state index is 12.4. The molecule has 4 rings (SSSR count). The number of aromatic nitrogens is 5. The zero-order chi connectivity index (χ0) is 19.7. The van der Waals surface area contributed by atoms with Gasteiger partial charge in [0.1, 0.15) is 0 Å². The third-order valence-corrected chi connectivity index (χ3v) is 5.41. The van der Waals surface area contributed by atoms with Crippen molar-refractivity contribution in [1.29, 1.82) is 0 Å². The Labute approximate surface area is 170 Å². The van der Waals surface area contributed by atoms with Gasteiger partial charge < -0.3 is 0 Å². The minimum Gasteiger partial charge on any atom is -0.295 e. The Morgan fingerprint density at radius 2 is 1.93 bits per heavy atom. The molecule has 4 aromatic rings. The highest BCUT2D eigenvalue weighted by molar-refractivity contribution is 7.12. The molecule has 2 N–H and O–H groups in total. The largest absolute Gasteiger partial charge is 0.295 e. The molecule has 0 aliphatic rings. The van der Waals surface area contributed by atoms with Gasteiger partial charge in [-0.2, -0.15) is 4.98 Å². The molecule has 0 aliphatic carbocycles. The highest BCUT2D eigenvalue weighted by Gasteiger charge is 2.14. The summed E-state index contributed by atoms with van der Waals surface area (Å²) in [6.45, 7) is 4.06. The van der Waals surface area contributed by atoms with Crippen molar-refractivity contribution < 1.29 is 4.79 Å². The molecule has 28 heavy (non-hydrogen) atoms. The molecule has 0 saturated heterocycles. The van der Waals surface area contributed by atoms with Crippen LogP contribution in [0.5, 0.6) is 0 Å². The summed E-state index contributed by atoms with van der Waals surface area (Å²) in [6.07, 6.45) is 0.145. The van der Waals surface area contributed by atoms with E-state index in [0.29, 0.717) is 16.5 Å². The molecule has 142 valence electrons. The van der Waals surface area contributed by atoms with Gasteiger partial charge in [-0.05, 0) is 38.1 Å². The number of halogens is 1. The van der Waals surface area contributed by atoms with Gasteiger partial charge in [0.05, 0.1) is 17.1 Å². The average Bonchev–Trinajstić information content (AvgIpc) is 3.37. The van der Waals surface area contributed by atoms with E-state index in [1.807, 2.05) is 49.6 Å². The minimum atomic E-state index is -0.234. The van der Waals surface area contributed by atoms with Crippen molar-refractivity contribution >= 4 is 34.8 Å². The maximum Gasteiger partial charge on any atom is 0.249 e. The molecule has 7 nitrogen and oxygen atoms in total. The topological polar surface area (TPSA) is 88.5 Å². The maximum absolute atomic E-state index is 12.4. The van der Waals surface area contributed by atoms with E-state index in [4.69, 9.17) is 11.6 Å². The third kappa shape index (κ3) is 3.69. The predicted octanol–water partition coefficient (Wildman–Crippen LogP) is 4.17. The fourth-order valence-corrected chi connectivity index (χ4v) is 4.04. The number of nitrogens with zero attached hydrogens (tertiary/aromatic N) is 4. The summed E-state index contributed by atoms with van der Waals surface area (Å²) in [5.41, 5.74) is 3.64. The van der Waals surface area contributed by atoms with Crippen LogP contribution in [0.3, 0.4) is 0 Å². The van der Waals surface area contributed by atoms with Crippen LogP contribution >= 0.6 is 22.9 Å². The molecule has 0 fully saturated rings. The van der Waals surface area contributed by atoms with Crippen molar-refractivity contribution in [2.24, 2.45) is 0 Å². The minimum absolute atomic E-state index is 0.145. The molecule has 0 radical (unpaired) electrons. The van der Waals surface area contributed by atoms with Crippen molar-refractivity contribution in [2.45, 2.75) is 20.3 Å². The molecular formula is C19H17ClN6OS. The number of anilines is 1. The number of hydrogen-bond acceptors (Lipinski definition) is 5. The number of aryl methyl sites for hydroxylation is 2. The van der Waals surface area contributed by atoms with E-state index in [-0.39, 0.29) is 18.3 Å². The number of amides is 1. The zero-order valence-electron chi connectivity index (χ0n) is 15.2. The molecule has 3 heterocycles. The fourth-order valence-electron chi connectivity index (χ4n) is 2.88. The Balaban J connectivity index is 1.44. The van der Waals surface area contributed by atoms with Crippen LogP contribution < -0.4 is 5.32 Å². The smallest absolute Gasteiger partial charge is 0.249 e. The van der Waals surface area contributed by atoms with Crippen molar-refractivity contribution in [3.63, 3.8) is 0 Å². The predicted molar refractivity (Wildman–Crippen MR) is 110 cm³/mol. The molecule has 0 unspecified atom stereocenters. The number of aromatic amines is 1. The van der Waals surface area contributed by atoms with Gasteiger partial charge in [0.2, 0.25) is 11.9 Å². The number of nitrogens with one attached hydrogen (secondary N) is 2. The fraction of sp³-hybridized carbons (Fsp3) is 0.158. The van der Waals surface area contributed by atoms with E-state index in [2.05, 4.69) is 30.0 Å². The van der Waals surface area contributed by atoms with Gasteiger partial charge in [0, 0.05) is 22.3 Å². The first-order valence-electron chi connectivity index (χ1n) is 8.58. The van der Waals surface area contributed by atoms with Crippen LogP contribution in [0.15, 0.2) is 41.8 Å². The van der Waals surface area contributed by atoms with Crippen molar-refractivity contribution in [3.05, 3.63) is 63.9 Å². The first-order valence-corrected chi connectivity index (χ1v) is 9.84. The van der Waals surface area contributed by atoms with Crippen molar-refractivity contribution in [1.82, 2.24) is 24.7 Å². The lowest BCUT2D eigenvalue weighted by Gasteiger charge is -2.04. The Hall–Kier alpha value is -2.97. The number of benzene rings is 1. The average molecular weight is 413 g/mol. The second-order valence-electron chi connectivity index (χ2n) is 6.29. The van der Waals surface area contributed by atoms with Crippen LogP contribution in [0.4, 0.5) is 5.95 Å². The number of H-pyrrole nitrogens is 1. The molecule has 9 heteroatoms. The number of hydrogen-bond donors (Lipinski definition) is 2. The summed E-state index contributed by atoms with van der Waals surface area (Å²) in [5.74, 6) is 0.463. The lowest BCUT2D eigenvalue weighted by atomic mass is 10.2. The summed E-state index contributed by atoms with van der Waals surface area (Å²) in [7, 11) is 0. The van der Waals surface area contributed by atoms with Gasteiger partial charge in [0.15, 0.2) is 11.0 Å². The van der Waals surface area contributed by atoms with E-state index in [1.165, 1.54) is 11.3 Å². The Kier molecular flexibility index (Phi) is 4.97. The van der Waals surface area contributed by atoms with Gasteiger partial charge >= 0.3 is 0 Å². The molecule has 0 saturated carbocycles. The van der Waals surface area contributed by atoms with Gasteiger partial charge in [-0.1, -0.05) is 23.7 Å². The number of carbonyl (C=O) groups is 1. The molecule has 0 aliphatic heterocycles. The summed E-state index contributed by atoms with van der Waals surface area (Å²) in [4.78, 5) is 21.2. The van der Waals surface area contributed by atoms with Crippen molar-refractivity contribution in [3.8, 4) is 16.5 Å². The molecule has 3 aromatic heterocycles. The van der Waals surface area contributed by atoms with Crippen LogP contribution in [-0.2, 0) is 11.2 Å². The van der Waals surface area contributed by atoms with Crippen LogP contribution in [0.2, 0.25) is 5.02 Å². The summed E-state index contributed by atoms with van der Waals surface area (Å²) < 4.78 is 2.07. The van der Waals surface area contributed by atoms with Gasteiger partial charge in [-0.3, -0.25) is 19.8 Å². The molecule has 0 atom stereocenters. The second kappa shape index (κ2) is 7.57. The summed E-state index contributed by atoms with van der Waals surface area (Å²) in [5, 5.41) is 12.8. The van der Waals surface area contributed by atoms with Crippen LogP contribution in [0.25, 0.3) is 16.5 Å². The number of rotatable bonds is 5. The first kappa shape index (κ1) is 18.4. The Bertz CT molecular complexity index is 1130. The van der Waals surface area contributed by atoms with Gasteiger partial charge in [-0.15, -0.1) is 16.4 Å². The SMILES string of the molecule is Cc1ccc(C)n1-c1nc(CC(=O)Nc2n[nH]c(-c3ccccc3Cl)n2)cs1. The second-order valence-corrected chi connectivity index (χ2v) is 7.53. The first-order chi connectivity index (χ1) is 13.5. The molecular weight excluding hydrogens is 396 g/mol. The number of thiazole rings is 1. The van der Waals surface area contributed by atoms with E-state index < -0.39 is 0 Å². The lowest BCUT2D eigenvalue weighted by molar-refractivity contribution is -0.115. The van der Waals surface area contributed by atoms with Gasteiger partial charge in [0.25, 0.3) is 0 Å². The lowest BCUT2D eigenvalue weighted by Crippen LogP contribution is -2.15. The Morgan fingerprint density at radius 1 is 1.18 bits per heavy atom. The van der Waals surface area contributed by atoms with Gasteiger partial charge in [-0.25, -0.2) is 4.98 Å². The van der Waals surface area contributed by atoms with Crippen LogP contribution in [0.1, 0.15) is 17.1 Å². The van der Waals surface area contributed by atoms with E-state index >= 15 is 0 Å². The highest BCUT2D eigenvalue weighted by atomic mass is 35.5. The monoisotopic (exact) mass is 412 g/mol. The van der Waals surface area contributed by atoms with Crippen LogP contribution in [-0.4, -0.2) is 30.6 Å². The number of carbonyl (C=O) groups excluding carboxylic acids is 1. The standard InChI is InChI=1S/C19H17ClN6OS/c1-11-7-8-12(2)26(11)19-21-13(10-28-19)9-16(27)22-18-23-17(24-25-18)14-5-3-4-6-15(14)20/h3-8,10H,9H2,1-2H3,(H2,22,23,24,25,27). The van der Waals surface area contributed by atoms with Crippen molar-refractivity contribution in [2.75, 3.05) is 5.32 Å². The zero-order valence-corrected chi connectivity index (χ0v) is 16.8. The summed E-state index contributed by atoms with van der Waals surface area (Å²) in [6, 6.07) is 11.4. The quantitative estimate of drug-likeness (QED) is 0.514. The highest BCUT2D eigenvalue weighted by Crippen LogP contribution is 2.25. The summed E-state index contributed by atoms with van der Waals surface area (Å²) >= 11 is 7.67. The molecule has 1 aromatic carbocycles. The Morgan fingerprint density at radius 3 is 2.68 bits per heavy atom. The third-order valence-electron chi connectivity index (χ3n) is 4.21.